The van der Waals surface area contributed by atoms with Crippen LogP contribution in [-0.4, -0.2) is 23.1 Å². The molecule has 21 heavy (non-hydrogen) atoms. The standard InChI is InChI=1S/C15H21FN2O3/c1-9(2)7-13(14(19)20)18-15(21)17-10(3)11-5-4-6-12(16)8-11/h4-6,8-10,13H,7H2,1-3H3,(H,19,20)(H2,17,18,21). The molecule has 0 bridgehead atoms. The lowest BCUT2D eigenvalue weighted by molar-refractivity contribution is -0.139. The van der Waals surface area contributed by atoms with E-state index in [1.54, 1.807) is 19.1 Å². The Labute approximate surface area is 123 Å². The number of hydrogen-bond acceptors (Lipinski definition) is 2. The highest BCUT2D eigenvalue weighted by Gasteiger charge is 2.21. The van der Waals surface area contributed by atoms with Gasteiger partial charge in [0.15, 0.2) is 0 Å². The molecule has 5 nitrogen and oxygen atoms in total. The summed E-state index contributed by atoms with van der Waals surface area (Å²) in [5, 5.41) is 14.1. The van der Waals surface area contributed by atoms with Gasteiger partial charge in [0.2, 0.25) is 0 Å². The van der Waals surface area contributed by atoms with E-state index in [9.17, 15) is 14.0 Å². The van der Waals surface area contributed by atoms with E-state index >= 15 is 0 Å². The van der Waals surface area contributed by atoms with Gasteiger partial charge in [0.1, 0.15) is 11.9 Å². The number of urea groups is 1. The van der Waals surface area contributed by atoms with Gasteiger partial charge in [-0.05, 0) is 37.0 Å². The molecule has 0 radical (unpaired) electrons. The third kappa shape index (κ3) is 5.81. The summed E-state index contributed by atoms with van der Waals surface area (Å²) in [5.74, 6) is -1.31. The molecule has 1 rings (SSSR count). The number of carboxylic acid groups (broad SMARTS) is 1. The molecular formula is C15H21FN2O3. The van der Waals surface area contributed by atoms with Crippen LogP contribution in [0.25, 0.3) is 0 Å². The van der Waals surface area contributed by atoms with Crippen molar-refractivity contribution in [1.29, 1.82) is 0 Å². The summed E-state index contributed by atoms with van der Waals surface area (Å²) in [6, 6.07) is 3.95. The molecule has 0 aromatic heterocycles. The monoisotopic (exact) mass is 296 g/mol. The Balaban J connectivity index is 2.61. The second-order valence-corrected chi connectivity index (χ2v) is 5.41. The quantitative estimate of drug-likeness (QED) is 0.755. The minimum Gasteiger partial charge on any atom is -0.480 e. The predicted molar refractivity (Wildman–Crippen MR) is 77.4 cm³/mol. The van der Waals surface area contributed by atoms with Crippen molar-refractivity contribution in [3.8, 4) is 0 Å². The van der Waals surface area contributed by atoms with Crippen LogP contribution in [0, 0.1) is 11.7 Å². The third-order valence-corrected chi connectivity index (χ3v) is 3.01. The summed E-state index contributed by atoms with van der Waals surface area (Å²) in [5.41, 5.74) is 0.612. The Kier molecular flexibility index (Phi) is 6.14. The maximum atomic E-state index is 13.1. The van der Waals surface area contributed by atoms with Crippen molar-refractivity contribution in [3.05, 3.63) is 35.6 Å². The Morgan fingerprint density at radius 2 is 1.90 bits per heavy atom. The second kappa shape index (κ2) is 7.61. The number of benzene rings is 1. The number of carbonyl (C=O) groups excluding carboxylic acids is 1. The molecule has 0 saturated carbocycles. The van der Waals surface area contributed by atoms with E-state index in [0.717, 1.165) is 0 Å². The van der Waals surface area contributed by atoms with Crippen molar-refractivity contribution in [3.63, 3.8) is 0 Å². The lowest BCUT2D eigenvalue weighted by Gasteiger charge is -2.19. The molecule has 2 amide bonds. The van der Waals surface area contributed by atoms with E-state index in [-0.39, 0.29) is 11.7 Å². The highest BCUT2D eigenvalue weighted by molar-refractivity contribution is 5.82. The zero-order chi connectivity index (χ0) is 16.0. The van der Waals surface area contributed by atoms with Crippen LogP contribution >= 0.6 is 0 Å². The van der Waals surface area contributed by atoms with Crippen molar-refractivity contribution in [2.45, 2.75) is 39.3 Å². The largest absolute Gasteiger partial charge is 0.480 e. The van der Waals surface area contributed by atoms with Crippen LogP contribution in [0.4, 0.5) is 9.18 Å². The number of carboxylic acids is 1. The molecule has 0 spiro atoms. The van der Waals surface area contributed by atoms with Gasteiger partial charge in [0.05, 0.1) is 6.04 Å². The van der Waals surface area contributed by atoms with Crippen molar-refractivity contribution < 1.29 is 19.1 Å². The van der Waals surface area contributed by atoms with Gasteiger partial charge in [-0.25, -0.2) is 14.0 Å². The minimum atomic E-state index is -1.07. The van der Waals surface area contributed by atoms with Gasteiger partial charge in [-0.2, -0.15) is 0 Å². The predicted octanol–water partition coefficient (Wildman–Crippen LogP) is 2.69. The zero-order valence-electron chi connectivity index (χ0n) is 12.4. The molecule has 3 N–H and O–H groups in total. The Hall–Kier alpha value is -2.11. The number of hydrogen-bond donors (Lipinski definition) is 3. The zero-order valence-corrected chi connectivity index (χ0v) is 12.4. The van der Waals surface area contributed by atoms with Gasteiger partial charge in [0, 0.05) is 0 Å². The molecule has 0 aliphatic carbocycles. The van der Waals surface area contributed by atoms with Crippen LogP contribution < -0.4 is 10.6 Å². The number of nitrogens with one attached hydrogen (secondary N) is 2. The average molecular weight is 296 g/mol. The number of halogens is 1. The van der Waals surface area contributed by atoms with Crippen LogP contribution in [0.5, 0.6) is 0 Å². The van der Waals surface area contributed by atoms with Crippen LogP contribution in [0.2, 0.25) is 0 Å². The van der Waals surface area contributed by atoms with Crippen molar-refractivity contribution >= 4 is 12.0 Å². The van der Waals surface area contributed by atoms with Crippen LogP contribution in [0.15, 0.2) is 24.3 Å². The molecule has 0 heterocycles. The Morgan fingerprint density at radius 1 is 1.24 bits per heavy atom. The number of amides is 2. The molecule has 2 unspecified atom stereocenters. The summed E-state index contributed by atoms with van der Waals surface area (Å²) in [6.07, 6.45) is 0.344. The van der Waals surface area contributed by atoms with E-state index in [0.29, 0.717) is 12.0 Å². The molecule has 0 fully saturated rings. The lowest BCUT2D eigenvalue weighted by atomic mass is 10.0. The molecule has 0 aliphatic heterocycles. The van der Waals surface area contributed by atoms with E-state index < -0.39 is 24.1 Å². The molecule has 1 aromatic carbocycles. The van der Waals surface area contributed by atoms with Crippen LogP contribution in [-0.2, 0) is 4.79 Å². The van der Waals surface area contributed by atoms with E-state index in [1.165, 1.54) is 12.1 Å². The molecule has 0 aliphatic rings. The van der Waals surface area contributed by atoms with Crippen LogP contribution in [0.1, 0.15) is 38.8 Å². The van der Waals surface area contributed by atoms with Crippen molar-refractivity contribution in [1.82, 2.24) is 10.6 Å². The fourth-order valence-corrected chi connectivity index (χ4v) is 1.95. The summed E-state index contributed by atoms with van der Waals surface area (Å²) >= 11 is 0. The van der Waals surface area contributed by atoms with Gasteiger partial charge in [-0.15, -0.1) is 0 Å². The van der Waals surface area contributed by atoms with E-state index in [2.05, 4.69) is 10.6 Å². The Bertz CT molecular complexity index is 505. The topological polar surface area (TPSA) is 78.4 Å². The fraction of sp³-hybridized carbons (Fsp3) is 0.467. The van der Waals surface area contributed by atoms with Gasteiger partial charge in [-0.3, -0.25) is 0 Å². The summed E-state index contributed by atoms with van der Waals surface area (Å²) in [7, 11) is 0. The third-order valence-electron chi connectivity index (χ3n) is 3.01. The molecule has 1 aromatic rings. The summed E-state index contributed by atoms with van der Waals surface area (Å²) in [4.78, 5) is 22.9. The highest BCUT2D eigenvalue weighted by atomic mass is 19.1. The first kappa shape index (κ1) is 16.9. The van der Waals surface area contributed by atoms with Gasteiger partial charge >= 0.3 is 12.0 Å². The average Bonchev–Trinajstić information content (AvgIpc) is 2.37. The summed E-state index contributed by atoms with van der Waals surface area (Å²) < 4.78 is 13.1. The van der Waals surface area contributed by atoms with E-state index in [4.69, 9.17) is 5.11 Å². The second-order valence-electron chi connectivity index (χ2n) is 5.41. The van der Waals surface area contributed by atoms with Gasteiger partial charge in [-0.1, -0.05) is 26.0 Å². The molecular weight excluding hydrogens is 275 g/mol. The first-order valence-electron chi connectivity index (χ1n) is 6.85. The molecule has 2 atom stereocenters. The first-order valence-corrected chi connectivity index (χ1v) is 6.85. The lowest BCUT2D eigenvalue weighted by Crippen LogP contribution is -2.47. The molecule has 116 valence electrons. The van der Waals surface area contributed by atoms with Gasteiger partial charge < -0.3 is 15.7 Å². The van der Waals surface area contributed by atoms with Gasteiger partial charge in [0.25, 0.3) is 0 Å². The normalized spacial score (nSPS) is 13.6. The fourth-order valence-electron chi connectivity index (χ4n) is 1.95. The molecule has 6 heteroatoms. The molecule has 0 saturated heterocycles. The highest BCUT2D eigenvalue weighted by Crippen LogP contribution is 2.13. The smallest absolute Gasteiger partial charge is 0.326 e. The Morgan fingerprint density at radius 3 is 2.43 bits per heavy atom. The minimum absolute atomic E-state index is 0.145. The number of rotatable bonds is 6. The summed E-state index contributed by atoms with van der Waals surface area (Å²) in [6.45, 7) is 5.46. The maximum Gasteiger partial charge on any atom is 0.326 e. The van der Waals surface area contributed by atoms with Crippen molar-refractivity contribution in [2.75, 3.05) is 0 Å². The SMILES string of the molecule is CC(C)CC(NC(=O)NC(C)c1cccc(F)c1)C(=O)O. The first-order chi connectivity index (χ1) is 9.79. The van der Waals surface area contributed by atoms with E-state index in [1.807, 2.05) is 13.8 Å². The number of aliphatic carboxylic acids is 1. The van der Waals surface area contributed by atoms with Crippen LogP contribution in [0.3, 0.4) is 0 Å². The van der Waals surface area contributed by atoms with Crippen molar-refractivity contribution in [2.24, 2.45) is 5.92 Å². The maximum absolute atomic E-state index is 13.1. The number of carbonyl (C=O) groups is 2.